The maximum atomic E-state index is 5.45. The fourth-order valence-electron chi connectivity index (χ4n) is 2.25. The molecular weight excluding hydrogens is 212 g/mol. The van der Waals surface area contributed by atoms with Crippen molar-refractivity contribution < 1.29 is 4.74 Å². The van der Waals surface area contributed by atoms with Gasteiger partial charge in [-0.15, -0.1) is 0 Å². The van der Waals surface area contributed by atoms with Crippen molar-refractivity contribution in [3.05, 3.63) is 0 Å². The van der Waals surface area contributed by atoms with Crippen molar-refractivity contribution in [3.63, 3.8) is 0 Å². The fraction of sp³-hybridized carbons (Fsp3) is 1.00. The number of methoxy groups -OCH3 is 1. The van der Waals surface area contributed by atoms with Crippen LogP contribution < -0.4 is 5.32 Å². The van der Waals surface area contributed by atoms with E-state index in [0.717, 1.165) is 18.9 Å². The van der Waals surface area contributed by atoms with Gasteiger partial charge in [0, 0.05) is 13.7 Å². The molecule has 0 aromatic carbocycles. The summed E-state index contributed by atoms with van der Waals surface area (Å²) in [7, 11) is 4.03. The van der Waals surface area contributed by atoms with Gasteiger partial charge in [0.25, 0.3) is 0 Å². The van der Waals surface area contributed by atoms with E-state index in [2.05, 4.69) is 31.1 Å². The monoisotopic (exact) mass is 242 g/mol. The van der Waals surface area contributed by atoms with E-state index >= 15 is 0 Å². The van der Waals surface area contributed by atoms with E-state index in [1.165, 1.54) is 38.9 Å². The molecule has 0 aliphatic carbocycles. The number of nitrogens with one attached hydrogen (secondary N) is 1. The molecule has 3 heteroatoms. The Bertz CT molecular complexity index is 200. The molecule has 1 saturated heterocycles. The smallest absolute Gasteiger partial charge is 0.0634 e. The van der Waals surface area contributed by atoms with Crippen LogP contribution in [0.1, 0.15) is 39.5 Å². The molecule has 0 saturated carbocycles. The summed E-state index contributed by atoms with van der Waals surface area (Å²) in [6.07, 6.45) is 5.17. The molecule has 3 nitrogen and oxygen atoms in total. The molecule has 1 aliphatic rings. The van der Waals surface area contributed by atoms with Crippen LogP contribution in [0.2, 0.25) is 0 Å². The van der Waals surface area contributed by atoms with E-state index in [9.17, 15) is 0 Å². The number of piperidine rings is 1. The third-order valence-corrected chi connectivity index (χ3v) is 4.03. The predicted octanol–water partition coefficient (Wildman–Crippen LogP) is 2.12. The van der Waals surface area contributed by atoms with E-state index in [0.29, 0.717) is 0 Å². The molecule has 0 atom stereocenters. The minimum Gasteiger partial charge on any atom is -0.379 e. The number of hydrogen-bond donors (Lipinski definition) is 1. The first-order valence-corrected chi connectivity index (χ1v) is 6.98. The van der Waals surface area contributed by atoms with Crippen LogP contribution in [0.5, 0.6) is 0 Å². The fourth-order valence-corrected chi connectivity index (χ4v) is 2.25. The molecule has 0 aromatic heterocycles. The third-order valence-electron chi connectivity index (χ3n) is 4.03. The summed E-state index contributed by atoms with van der Waals surface area (Å²) in [5.41, 5.74) is 0.0169. The minimum atomic E-state index is 0.0169. The summed E-state index contributed by atoms with van der Waals surface area (Å²) < 4.78 is 5.45. The van der Waals surface area contributed by atoms with Crippen molar-refractivity contribution in [1.29, 1.82) is 0 Å². The van der Waals surface area contributed by atoms with E-state index < -0.39 is 0 Å². The van der Waals surface area contributed by atoms with Gasteiger partial charge in [-0.05, 0) is 72.1 Å². The lowest BCUT2D eigenvalue weighted by Gasteiger charge is -2.28. The molecule has 0 radical (unpaired) electrons. The van der Waals surface area contributed by atoms with E-state index in [1.807, 2.05) is 0 Å². The molecule has 17 heavy (non-hydrogen) atoms. The summed E-state index contributed by atoms with van der Waals surface area (Å²) in [5, 5.41) is 3.42. The summed E-state index contributed by atoms with van der Waals surface area (Å²) in [5.74, 6) is 0.939. The van der Waals surface area contributed by atoms with Crippen molar-refractivity contribution in [3.8, 4) is 0 Å². The normalized spacial score (nSPS) is 18.9. The molecule has 1 heterocycles. The Kier molecular flexibility index (Phi) is 6.45. The van der Waals surface area contributed by atoms with Crippen LogP contribution in [0.25, 0.3) is 0 Å². The van der Waals surface area contributed by atoms with Gasteiger partial charge in [-0.2, -0.15) is 0 Å². The Morgan fingerprint density at radius 2 is 1.88 bits per heavy atom. The maximum absolute atomic E-state index is 5.45. The van der Waals surface area contributed by atoms with Gasteiger partial charge in [-0.3, -0.25) is 0 Å². The topological polar surface area (TPSA) is 24.5 Å². The number of hydrogen-bond acceptors (Lipinski definition) is 3. The van der Waals surface area contributed by atoms with E-state index in [-0.39, 0.29) is 5.60 Å². The molecule has 1 rings (SSSR count). The van der Waals surface area contributed by atoms with Crippen LogP contribution in [-0.2, 0) is 4.74 Å². The third kappa shape index (κ3) is 6.39. The second-order valence-electron chi connectivity index (χ2n) is 6.00. The van der Waals surface area contributed by atoms with Crippen molar-refractivity contribution in [2.45, 2.75) is 45.1 Å². The highest BCUT2D eigenvalue weighted by atomic mass is 16.5. The highest BCUT2D eigenvalue weighted by Gasteiger charge is 2.18. The van der Waals surface area contributed by atoms with Crippen LogP contribution in [0.4, 0.5) is 0 Å². The van der Waals surface area contributed by atoms with Crippen molar-refractivity contribution >= 4 is 0 Å². The molecule has 0 aromatic rings. The first kappa shape index (κ1) is 14.9. The lowest BCUT2D eigenvalue weighted by atomic mass is 9.94. The van der Waals surface area contributed by atoms with Gasteiger partial charge in [-0.25, -0.2) is 0 Å². The summed E-state index contributed by atoms with van der Waals surface area (Å²) in [6.45, 7) is 9.10. The van der Waals surface area contributed by atoms with Crippen LogP contribution >= 0.6 is 0 Å². The second-order valence-corrected chi connectivity index (χ2v) is 6.00. The van der Waals surface area contributed by atoms with Gasteiger partial charge in [0.2, 0.25) is 0 Å². The number of rotatable bonds is 7. The molecule has 0 spiro atoms. The zero-order valence-electron chi connectivity index (χ0n) is 12.1. The average molecular weight is 242 g/mol. The maximum Gasteiger partial charge on any atom is 0.0634 e. The van der Waals surface area contributed by atoms with Gasteiger partial charge in [0.15, 0.2) is 0 Å². The standard InChI is InChI=1S/C14H30N2O/c1-14(2,17-4)8-12-16(3)11-7-13-5-9-15-10-6-13/h13,15H,5-12H2,1-4H3. The lowest BCUT2D eigenvalue weighted by molar-refractivity contribution is 0.00882. The number of nitrogens with zero attached hydrogens (tertiary/aromatic N) is 1. The van der Waals surface area contributed by atoms with Gasteiger partial charge >= 0.3 is 0 Å². The largest absolute Gasteiger partial charge is 0.379 e. The molecule has 0 amide bonds. The van der Waals surface area contributed by atoms with Gasteiger partial charge in [0.05, 0.1) is 5.60 Å². The van der Waals surface area contributed by atoms with Gasteiger partial charge in [-0.1, -0.05) is 0 Å². The molecule has 0 bridgehead atoms. The zero-order valence-corrected chi connectivity index (χ0v) is 12.1. The van der Waals surface area contributed by atoms with Crippen molar-refractivity contribution in [1.82, 2.24) is 10.2 Å². The Hall–Kier alpha value is -0.120. The van der Waals surface area contributed by atoms with Crippen molar-refractivity contribution in [2.75, 3.05) is 40.3 Å². The van der Waals surface area contributed by atoms with Crippen LogP contribution in [0.3, 0.4) is 0 Å². The van der Waals surface area contributed by atoms with E-state index in [1.54, 1.807) is 7.11 Å². The zero-order chi connectivity index (χ0) is 12.7. The van der Waals surface area contributed by atoms with Gasteiger partial charge in [0.1, 0.15) is 0 Å². The first-order chi connectivity index (χ1) is 8.03. The molecule has 102 valence electrons. The summed E-state index contributed by atoms with van der Waals surface area (Å²) in [6, 6.07) is 0. The molecule has 1 aliphatic heterocycles. The molecule has 0 unspecified atom stereocenters. The Morgan fingerprint density at radius 1 is 1.24 bits per heavy atom. The first-order valence-electron chi connectivity index (χ1n) is 6.98. The molecule has 1 fully saturated rings. The van der Waals surface area contributed by atoms with E-state index in [4.69, 9.17) is 4.74 Å². The quantitative estimate of drug-likeness (QED) is 0.740. The highest BCUT2D eigenvalue weighted by molar-refractivity contribution is 4.72. The summed E-state index contributed by atoms with van der Waals surface area (Å²) in [4.78, 5) is 2.45. The number of ether oxygens (including phenoxy) is 1. The predicted molar refractivity (Wildman–Crippen MR) is 73.4 cm³/mol. The molecular formula is C14H30N2O. The SMILES string of the molecule is COC(C)(C)CCN(C)CCC1CCNCC1. The van der Waals surface area contributed by atoms with Crippen LogP contribution in [-0.4, -0.2) is 50.8 Å². The summed E-state index contributed by atoms with van der Waals surface area (Å²) >= 11 is 0. The Labute approximate surface area is 107 Å². The Balaban J connectivity index is 2.10. The van der Waals surface area contributed by atoms with Crippen molar-refractivity contribution in [2.24, 2.45) is 5.92 Å². The van der Waals surface area contributed by atoms with Gasteiger partial charge < -0.3 is 15.0 Å². The Morgan fingerprint density at radius 3 is 2.47 bits per heavy atom. The minimum absolute atomic E-state index is 0.0169. The lowest BCUT2D eigenvalue weighted by Crippen LogP contribution is -2.33. The molecule has 1 N–H and O–H groups in total. The van der Waals surface area contributed by atoms with Crippen LogP contribution in [0.15, 0.2) is 0 Å². The highest BCUT2D eigenvalue weighted by Crippen LogP contribution is 2.17. The second kappa shape index (κ2) is 7.34. The van der Waals surface area contributed by atoms with Crippen LogP contribution in [0, 0.1) is 5.92 Å². The average Bonchev–Trinajstić information content (AvgIpc) is 2.35.